The fraction of sp³-hybridized carbons (Fsp3) is 0.250. The largest absolute Gasteiger partial charge is 0.447 e. The Morgan fingerprint density at radius 1 is 1.35 bits per heavy atom. The number of rotatable bonds is 5. The highest BCUT2D eigenvalue weighted by Gasteiger charge is 2.30. The van der Waals surface area contributed by atoms with Gasteiger partial charge in [-0.15, -0.1) is 11.8 Å². The first-order valence-electron chi connectivity index (χ1n) is 7.34. The molecule has 0 unspecified atom stereocenters. The smallest absolute Gasteiger partial charge is 0.397 e. The second kappa shape index (κ2) is 8.53. The molecular formula is C16H15BrF3N3OS2. The highest BCUT2D eigenvalue weighted by molar-refractivity contribution is 9.10. The van der Waals surface area contributed by atoms with Crippen LogP contribution in [0, 0.1) is 0 Å². The van der Waals surface area contributed by atoms with Crippen molar-refractivity contribution in [3.63, 3.8) is 0 Å². The fourth-order valence-corrected chi connectivity index (χ4v) is 4.01. The van der Waals surface area contributed by atoms with Gasteiger partial charge in [-0.1, -0.05) is 22.9 Å². The van der Waals surface area contributed by atoms with Crippen LogP contribution in [-0.2, 0) is 0 Å². The van der Waals surface area contributed by atoms with Crippen molar-refractivity contribution >= 4 is 56.7 Å². The first-order chi connectivity index (χ1) is 12.1. The zero-order valence-corrected chi connectivity index (χ0v) is 17.0. The summed E-state index contributed by atoms with van der Waals surface area (Å²) >= 11 is 4.54. The van der Waals surface area contributed by atoms with Gasteiger partial charge in [0, 0.05) is 28.2 Å². The summed E-state index contributed by atoms with van der Waals surface area (Å²) in [6.45, 7) is 1.97. The minimum Gasteiger partial charge on any atom is -0.397 e. The average Bonchev–Trinajstić information content (AvgIpc) is 2.53. The van der Waals surface area contributed by atoms with E-state index >= 15 is 0 Å². The maximum Gasteiger partial charge on any atom is 0.447 e. The van der Waals surface area contributed by atoms with Gasteiger partial charge in [0.15, 0.2) is 0 Å². The molecule has 1 heterocycles. The van der Waals surface area contributed by atoms with Crippen LogP contribution in [0.25, 0.3) is 0 Å². The van der Waals surface area contributed by atoms with E-state index in [1.165, 1.54) is 29.9 Å². The molecule has 2 aromatic rings. The number of alkyl halides is 3. The third-order valence-corrected chi connectivity index (χ3v) is 5.34. The first-order valence-corrected chi connectivity index (χ1v) is 9.93. The number of nitrogens with zero attached hydrogens (tertiary/aromatic N) is 2. The standard InChI is InChI=1S/C16H15BrF3N3OS2/c1-3-25-13-6-9(17)4-5-10(13)15(24)23(2)12-8-22-14(7-11(12)21)26-16(18,19)20/h4-8H,3H2,1-2H3,(H2,21,22). The molecule has 0 fully saturated rings. The maximum atomic E-state index is 12.8. The number of pyridine rings is 1. The molecule has 2 rings (SSSR count). The van der Waals surface area contributed by atoms with Crippen LogP contribution in [-0.4, -0.2) is 29.2 Å². The van der Waals surface area contributed by atoms with Crippen molar-refractivity contribution in [2.75, 3.05) is 23.4 Å². The van der Waals surface area contributed by atoms with E-state index in [1.54, 1.807) is 12.1 Å². The van der Waals surface area contributed by atoms with Crippen LogP contribution in [0.15, 0.2) is 44.9 Å². The lowest BCUT2D eigenvalue weighted by Crippen LogP contribution is -2.27. The van der Waals surface area contributed by atoms with E-state index in [1.807, 2.05) is 13.0 Å². The van der Waals surface area contributed by atoms with Gasteiger partial charge in [-0.25, -0.2) is 4.98 Å². The number of hydrogen-bond acceptors (Lipinski definition) is 5. The lowest BCUT2D eigenvalue weighted by molar-refractivity contribution is -0.0329. The molecule has 0 saturated heterocycles. The van der Waals surface area contributed by atoms with Crippen molar-refractivity contribution < 1.29 is 18.0 Å². The molecule has 2 N–H and O–H groups in total. The number of anilines is 2. The Morgan fingerprint density at radius 2 is 2.04 bits per heavy atom. The fourth-order valence-electron chi connectivity index (χ4n) is 2.14. The Labute approximate surface area is 165 Å². The Balaban J connectivity index is 2.31. The van der Waals surface area contributed by atoms with Gasteiger partial charge in [-0.3, -0.25) is 4.79 Å². The Kier molecular flexibility index (Phi) is 6.86. The third-order valence-electron chi connectivity index (χ3n) is 3.25. The van der Waals surface area contributed by atoms with Gasteiger partial charge in [-0.2, -0.15) is 13.2 Å². The van der Waals surface area contributed by atoms with Gasteiger partial charge in [0.05, 0.1) is 23.1 Å². The van der Waals surface area contributed by atoms with Crippen LogP contribution in [0.5, 0.6) is 0 Å². The van der Waals surface area contributed by atoms with Gasteiger partial charge in [-0.05, 0) is 30.0 Å². The molecule has 0 saturated carbocycles. The molecule has 4 nitrogen and oxygen atoms in total. The predicted molar refractivity (Wildman–Crippen MR) is 104 cm³/mol. The Morgan fingerprint density at radius 3 is 2.62 bits per heavy atom. The Bertz CT molecular complexity index is 818. The summed E-state index contributed by atoms with van der Waals surface area (Å²) in [4.78, 5) is 18.7. The van der Waals surface area contributed by atoms with Crippen molar-refractivity contribution in [1.82, 2.24) is 4.98 Å². The minimum atomic E-state index is -4.45. The van der Waals surface area contributed by atoms with Gasteiger partial charge in [0.2, 0.25) is 0 Å². The monoisotopic (exact) mass is 465 g/mol. The summed E-state index contributed by atoms with van der Waals surface area (Å²) in [5, 5.41) is -0.273. The zero-order chi connectivity index (χ0) is 19.5. The minimum absolute atomic E-state index is 0.0457. The van der Waals surface area contributed by atoms with Crippen LogP contribution >= 0.6 is 39.5 Å². The van der Waals surface area contributed by atoms with Crippen LogP contribution in [0.3, 0.4) is 0 Å². The molecule has 0 atom stereocenters. The SMILES string of the molecule is CCSc1cc(Br)ccc1C(=O)N(C)c1cnc(SC(F)(F)F)cc1N. The number of halogens is 4. The van der Waals surface area contributed by atoms with Crippen molar-refractivity contribution in [3.8, 4) is 0 Å². The summed E-state index contributed by atoms with van der Waals surface area (Å²) in [6, 6.07) is 6.41. The summed E-state index contributed by atoms with van der Waals surface area (Å²) in [6.07, 6.45) is 1.17. The second-order valence-corrected chi connectivity index (χ2v) is 8.37. The molecular weight excluding hydrogens is 451 g/mol. The first kappa shape index (κ1) is 20.9. The zero-order valence-electron chi connectivity index (χ0n) is 13.8. The molecule has 1 aromatic carbocycles. The average molecular weight is 466 g/mol. The number of carbonyl (C=O) groups is 1. The van der Waals surface area contributed by atoms with E-state index in [0.717, 1.165) is 21.2 Å². The van der Waals surface area contributed by atoms with Crippen LogP contribution in [0.4, 0.5) is 24.5 Å². The lowest BCUT2D eigenvalue weighted by atomic mass is 10.2. The Hall–Kier alpha value is -1.39. The molecule has 1 aromatic heterocycles. The molecule has 26 heavy (non-hydrogen) atoms. The van der Waals surface area contributed by atoms with Crippen molar-refractivity contribution in [1.29, 1.82) is 0 Å². The summed E-state index contributed by atoms with van der Waals surface area (Å²) in [5.74, 6) is 0.464. The molecule has 10 heteroatoms. The van der Waals surface area contributed by atoms with E-state index in [2.05, 4.69) is 20.9 Å². The number of benzene rings is 1. The van der Waals surface area contributed by atoms with Crippen molar-refractivity contribution in [3.05, 3.63) is 40.5 Å². The molecule has 0 aliphatic heterocycles. The number of amides is 1. The molecule has 0 bridgehead atoms. The van der Waals surface area contributed by atoms with E-state index in [4.69, 9.17) is 5.73 Å². The maximum absolute atomic E-state index is 12.8. The highest BCUT2D eigenvalue weighted by Crippen LogP contribution is 2.38. The molecule has 0 aliphatic rings. The lowest BCUT2D eigenvalue weighted by Gasteiger charge is -2.21. The van der Waals surface area contributed by atoms with Gasteiger partial charge in [0.1, 0.15) is 5.03 Å². The summed E-state index contributed by atoms with van der Waals surface area (Å²) < 4.78 is 38.2. The van der Waals surface area contributed by atoms with Gasteiger partial charge < -0.3 is 10.6 Å². The number of thioether (sulfide) groups is 2. The molecule has 0 spiro atoms. The van der Waals surface area contributed by atoms with Crippen LogP contribution in [0.1, 0.15) is 17.3 Å². The highest BCUT2D eigenvalue weighted by atomic mass is 79.9. The summed E-state index contributed by atoms with van der Waals surface area (Å²) in [7, 11) is 1.51. The number of carbonyl (C=O) groups excluding carboxylic acids is 1. The normalized spacial score (nSPS) is 11.5. The predicted octanol–water partition coefficient (Wildman–Crippen LogP) is 5.43. The molecule has 1 amide bonds. The number of aromatic nitrogens is 1. The molecule has 0 radical (unpaired) electrons. The second-order valence-electron chi connectivity index (χ2n) is 5.07. The molecule has 140 valence electrons. The van der Waals surface area contributed by atoms with Crippen molar-refractivity contribution in [2.24, 2.45) is 0 Å². The van der Waals surface area contributed by atoms with Gasteiger partial charge in [0.25, 0.3) is 5.91 Å². The number of hydrogen-bond donors (Lipinski definition) is 1. The number of nitrogens with two attached hydrogens (primary N) is 1. The molecule has 0 aliphatic carbocycles. The van der Waals surface area contributed by atoms with Gasteiger partial charge >= 0.3 is 5.51 Å². The van der Waals surface area contributed by atoms with E-state index < -0.39 is 5.51 Å². The van der Waals surface area contributed by atoms with Crippen molar-refractivity contribution in [2.45, 2.75) is 22.4 Å². The van der Waals surface area contributed by atoms with E-state index in [9.17, 15) is 18.0 Å². The van der Waals surface area contributed by atoms with Crippen LogP contribution < -0.4 is 10.6 Å². The van der Waals surface area contributed by atoms with Crippen LogP contribution in [0.2, 0.25) is 0 Å². The van der Waals surface area contributed by atoms with E-state index in [-0.39, 0.29) is 34.1 Å². The summed E-state index contributed by atoms with van der Waals surface area (Å²) in [5.41, 5.74) is 2.17. The number of nitrogen functional groups attached to an aromatic ring is 1. The van der Waals surface area contributed by atoms with E-state index in [0.29, 0.717) is 5.56 Å². The third kappa shape index (κ3) is 5.31. The topological polar surface area (TPSA) is 59.2 Å². The quantitative estimate of drug-likeness (QED) is 0.596.